The maximum Gasteiger partial charge on any atom is 0.0443 e. The molecule has 22 heavy (non-hydrogen) atoms. The molecule has 1 aliphatic rings. The summed E-state index contributed by atoms with van der Waals surface area (Å²) in [5.41, 5.74) is 5.77. The summed E-state index contributed by atoms with van der Waals surface area (Å²) in [4.78, 5) is 2.52. The number of rotatable bonds is 3. The monoisotopic (exact) mass is 295 g/mol. The Morgan fingerprint density at radius 3 is 1.68 bits per heavy atom. The van der Waals surface area contributed by atoms with E-state index in [0.717, 1.165) is 19.4 Å². The summed E-state index contributed by atoms with van der Waals surface area (Å²) in [6.07, 6.45) is 6.02. The van der Waals surface area contributed by atoms with E-state index in [1.54, 1.807) is 0 Å². The van der Waals surface area contributed by atoms with Crippen LogP contribution >= 0.6 is 0 Å². The molecule has 0 amide bonds. The molecule has 0 radical (unpaired) electrons. The van der Waals surface area contributed by atoms with Crippen LogP contribution in [0.3, 0.4) is 0 Å². The van der Waals surface area contributed by atoms with Gasteiger partial charge in [-0.3, -0.25) is 0 Å². The molecule has 0 N–H and O–H groups in total. The number of hydrogen-bond acceptors (Lipinski definition) is 1. The average molecular weight is 295 g/mol. The van der Waals surface area contributed by atoms with E-state index in [0.29, 0.717) is 0 Å². The maximum absolute atomic E-state index is 2.52. The Balaban J connectivity index is 0.000000545. The second-order valence-corrected chi connectivity index (χ2v) is 5.97. The van der Waals surface area contributed by atoms with E-state index >= 15 is 0 Å². The third-order valence-corrected chi connectivity index (χ3v) is 3.96. The van der Waals surface area contributed by atoms with Crippen LogP contribution in [0.25, 0.3) is 0 Å². The Labute approximate surface area is 136 Å². The van der Waals surface area contributed by atoms with Crippen LogP contribution in [0.15, 0.2) is 48.5 Å². The predicted molar refractivity (Wildman–Crippen MR) is 98.2 cm³/mol. The lowest BCUT2D eigenvalue weighted by Gasteiger charge is -2.26. The third kappa shape index (κ3) is 3.91. The standard InChI is InChI=1S/C18H21N.C3H8/c1-2-3-14-19-17-10-6-4-8-15(17)12-13-16-9-5-7-11-18(16)19;1-3-2/h4-11H,2-3,12-14H2,1H3;3H2,1-2H3. The summed E-state index contributed by atoms with van der Waals surface area (Å²) >= 11 is 0. The number of unbranched alkanes of at least 4 members (excludes halogenated alkanes) is 1. The van der Waals surface area contributed by atoms with Crippen molar-refractivity contribution in [2.45, 2.75) is 52.9 Å². The van der Waals surface area contributed by atoms with E-state index in [4.69, 9.17) is 0 Å². The number of aryl methyl sites for hydroxylation is 2. The zero-order chi connectivity index (χ0) is 15.8. The van der Waals surface area contributed by atoms with Crippen LogP contribution in [0.1, 0.15) is 51.2 Å². The molecule has 2 aromatic rings. The molecule has 2 aromatic carbocycles. The second kappa shape index (κ2) is 8.63. The highest BCUT2D eigenvalue weighted by Crippen LogP contribution is 2.35. The van der Waals surface area contributed by atoms with Gasteiger partial charge >= 0.3 is 0 Å². The van der Waals surface area contributed by atoms with Gasteiger partial charge in [-0.1, -0.05) is 70.0 Å². The molecule has 0 aliphatic carbocycles. The zero-order valence-corrected chi connectivity index (χ0v) is 14.3. The smallest absolute Gasteiger partial charge is 0.0443 e. The fourth-order valence-corrected chi connectivity index (χ4v) is 2.93. The summed E-state index contributed by atoms with van der Waals surface area (Å²) in [5.74, 6) is 0. The first-order valence-corrected chi connectivity index (χ1v) is 8.75. The van der Waals surface area contributed by atoms with Crippen LogP contribution in [-0.2, 0) is 12.8 Å². The van der Waals surface area contributed by atoms with Crippen LogP contribution in [0.2, 0.25) is 0 Å². The van der Waals surface area contributed by atoms with Crippen molar-refractivity contribution in [3.05, 3.63) is 59.7 Å². The van der Waals surface area contributed by atoms with Crippen LogP contribution in [0.5, 0.6) is 0 Å². The summed E-state index contributed by atoms with van der Waals surface area (Å²) in [5, 5.41) is 0. The average Bonchev–Trinajstić information content (AvgIpc) is 2.71. The summed E-state index contributed by atoms with van der Waals surface area (Å²) < 4.78 is 0. The third-order valence-electron chi connectivity index (χ3n) is 3.96. The normalized spacial score (nSPS) is 12.6. The SMILES string of the molecule is CCC.CCCCN1c2ccccc2CCc2ccccc21. The van der Waals surface area contributed by atoms with E-state index in [1.807, 2.05) is 0 Å². The molecular weight excluding hydrogens is 266 g/mol. The van der Waals surface area contributed by atoms with Crippen LogP contribution in [-0.4, -0.2) is 6.54 Å². The Morgan fingerprint density at radius 1 is 0.773 bits per heavy atom. The molecular formula is C21H29N. The number of benzene rings is 2. The van der Waals surface area contributed by atoms with Crippen LogP contribution in [0.4, 0.5) is 11.4 Å². The highest BCUT2D eigenvalue weighted by atomic mass is 15.1. The summed E-state index contributed by atoms with van der Waals surface area (Å²) in [7, 11) is 0. The second-order valence-electron chi connectivity index (χ2n) is 5.97. The van der Waals surface area contributed by atoms with Crippen molar-refractivity contribution in [1.82, 2.24) is 0 Å². The molecule has 0 saturated heterocycles. The molecule has 3 rings (SSSR count). The molecule has 1 nitrogen and oxygen atoms in total. The summed E-state index contributed by atoms with van der Waals surface area (Å²) in [6, 6.07) is 17.7. The number of fused-ring (bicyclic) bond motifs is 2. The van der Waals surface area contributed by atoms with E-state index in [2.05, 4.69) is 74.2 Å². The largest absolute Gasteiger partial charge is 0.341 e. The minimum Gasteiger partial charge on any atom is -0.341 e. The molecule has 0 bridgehead atoms. The Hall–Kier alpha value is -1.76. The van der Waals surface area contributed by atoms with E-state index in [-0.39, 0.29) is 0 Å². The molecule has 0 aromatic heterocycles. The van der Waals surface area contributed by atoms with Gasteiger partial charge in [0.1, 0.15) is 0 Å². The molecule has 118 valence electrons. The van der Waals surface area contributed by atoms with Crippen molar-refractivity contribution >= 4 is 11.4 Å². The first-order chi connectivity index (χ1) is 10.8. The minimum atomic E-state index is 1.12. The van der Waals surface area contributed by atoms with Gasteiger partial charge in [-0.05, 0) is 42.5 Å². The van der Waals surface area contributed by atoms with Crippen molar-refractivity contribution in [2.24, 2.45) is 0 Å². The molecule has 0 fully saturated rings. The number of hydrogen-bond donors (Lipinski definition) is 0. The van der Waals surface area contributed by atoms with Crippen molar-refractivity contribution in [3.63, 3.8) is 0 Å². The molecule has 1 aliphatic heterocycles. The first-order valence-electron chi connectivity index (χ1n) is 8.75. The molecule has 0 atom stereocenters. The lowest BCUT2D eigenvalue weighted by atomic mass is 10.0. The van der Waals surface area contributed by atoms with Crippen LogP contribution in [0, 0.1) is 0 Å². The van der Waals surface area contributed by atoms with Crippen molar-refractivity contribution < 1.29 is 0 Å². The molecule has 1 heterocycles. The highest BCUT2D eigenvalue weighted by molar-refractivity contribution is 5.71. The lowest BCUT2D eigenvalue weighted by molar-refractivity contribution is 0.785. The van der Waals surface area contributed by atoms with Gasteiger partial charge in [0.15, 0.2) is 0 Å². The quantitative estimate of drug-likeness (QED) is 0.657. The Morgan fingerprint density at radius 2 is 1.23 bits per heavy atom. The maximum atomic E-state index is 2.52. The minimum absolute atomic E-state index is 1.12. The van der Waals surface area contributed by atoms with E-state index < -0.39 is 0 Å². The van der Waals surface area contributed by atoms with Crippen molar-refractivity contribution in [1.29, 1.82) is 0 Å². The van der Waals surface area contributed by atoms with Gasteiger partial charge < -0.3 is 4.90 Å². The number of para-hydroxylation sites is 2. The molecule has 0 saturated carbocycles. The molecule has 1 heteroatoms. The molecule has 0 unspecified atom stereocenters. The molecule has 0 spiro atoms. The van der Waals surface area contributed by atoms with Crippen molar-refractivity contribution in [3.8, 4) is 0 Å². The predicted octanol–water partition coefficient (Wildman–Crippen LogP) is 6.14. The topological polar surface area (TPSA) is 3.24 Å². The fourth-order valence-electron chi connectivity index (χ4n) is 2.93. The van der Waals surface area contributed by atoms with Gasteiger partial charge in [-0.15, -0.1) is 0 Å². The Bertz CT molecular complexity index is 526. The van der Waals surface area contributed by atoms with E-state index in [9.17, 15) is 0 Å². The van der Waals surface area contributed by atoms with Gasteiger partial charge in [-0.25, -0.2) is 0 Å². The first kappa shape index (κ1) is 16.6. The zero-order valence-electron chi connectivity index (χ0n) is 14.3. The van der Waals surface area contributed by atoms with Crippen molar-refractivity contribution in [2.75, 3.05) is 11.4 Å². The highest BCUT2D eigenvalue weighted by Gasteiger charge is 2.19. The van der Waals surface area contributed by atoms with Gasteiger partial charge in [0.05, 0.1) is 0 Å². The van der Waals surface area contributed by atoms with Gasteiger partial charge in [-0.2, -0.15) is 0 Å². The lowest BCUT2D eigenvalue weighted by Crippen LogP contribution is -2.19. The number of anilines is 2. The Kier molecular flexibility index (Phi) is 6.51. The van der Waals surface area contributed by atoms with Crippen LogP contribution < -0.4 is 4.90 Å². The van der Waals surface area contributed by atoms with Gasteiger partial charge in [0.25, 0.3) is 0 Å². The fraction of sp³-hybridized carbons (Fsp3) is 0.429. The van der Waals surface area contributed by atoms with Gasteiger partial charge in [0, 0.05) is 17.9 Å². The summed E-state index contributed by atoms with van der Waals surface area (Å²) in [6.45, 7) is 7.63. The number of nitrogens with zero attached hydrogens (tertiary/aromatic N) is 1. The van der Waals surface area contributed by atoms with Gasteiger partial charge in [0.2, 0.25) is 0 Å². The van der Waals surface area contributed by atoms with E-state index in [1.165, 1.54) is 41.8 Å².